The number of phenolic OH excluding ortho intramolecular Hbond substituents is 1. The molecule has 1 N–H and O–H groups in total. The Morgan fingerprint density at radius 3 is 2.55 bits per heavy atom. The summed E-state index contributed by atoms with van der Waals surface area (Å²) in [5.41, 5.74) is 1.36. The average Bonchev–Trinajstić information content (AvgIpc) is 3.00. The van der Waals surface area contributed by atoms with Crippen molar-refractivity contribution in [3.63, 3.8) is 0 Å². The number of aldehydes is 2. The first-order valence-electron chi connectivity index (χ1n) is 9.53. The number of amides is 1. The van der Waals surface area contributed by atoms with Crippen LogP contribution in [0.15, 0.2) is 36.4 Å². The Hall–Kier alpha value is -3.15. The van der Waals surface area contributed by atoms with Gasteiger partial charge in [-0.15, -0.1) is 0 Å². The number of hydrogen-bond acceptors (Lipinski definition) is 5. The van der Waals surface area contributed by atoms with Crippen molar-refractivity contribution in [3.05, 3.63) is 58.7 Å². The molecule has 152 valence electrons. The van der Waals surface area contributed by atoms with E-state index >= 15 is 0 Å². The molecule has 0 aliphatic carbocycles. The summed E-state index contributed by atoms with van der Waals surface area (Å²) in [6.07, 6.45) is 1.99. The van der Waals surface area contributed by atoms with Crippen LogP contribution in [0.25, 0.3) is 0 Å². The average molecular weight is 395 g/mol. The fourth-order valence-corrected chi connectivity index (χ4v) is 3.92. The molecule has 0 aromatic heterocycles. The number of hydrogen-bond donors (Lipinski definition) is 1. The van der Waals surface area contributed by atoms with Crippen LogP contribution < -0.4 is 4.74 Å². The molecule has 1 heterocycles. The van der Waals surface area contributed by atoms with Gasteiger partial charge in [0.05, 0.1) is 22.7 Å². The summed E-state index contributed by atoms with van der Waals surface area (Å²) in [4.78, 5) is 37.7. The van der Waals surface area contributed by atoms with Gasteiger partial charge in [0.2, 0.25) is 0 Å². The number of aromatic hydroxyl groups is 1. The number of ether oxygens (including phenoxy) is 1. The zero-order valence-corrected chi connectivity index (χ0v) is 16.8. The Kier molecular flexibility index (Phi) is 5.73. The second kappa shape index (κ2) is 8.07. The molecular formula is C23H25NO5. The zero-order valence-electron chi connectivity index (χ0n) is 16.8. The monoisotopic (exact) mass is 395 g/mol. The number of benzene rings is 2. The van der Waals surface area contributed by atoms with E-state index in [0.29, 0.717) is 24.1 Å². The van der Waals surface area contributed by atoms with Crippen LogP contribution in [-0.2, 0) is 0 Å². The lowest BCUT2D eigenvalue weighted by molar-refractivity contribution is 0.0680. The number of carbonyl (C=O) groups is 3. The van der Waals surface area contributed by atoms with E-state index in [4.69, 9.17) is 4.74 Å². The molecule has 3 rings (SSSR count). The molecule has 6 heteroatoms. The van der Waals surface area contributed by atoms with Crippen LogP contribution in [0.4, 0.5) is 0 Å². The van der Waals surface area contributed by atoms with Gasteiger partial charge in [-0.25, -0.2) is 0 Å². The third-order valence-corrected chi connectivity index (χ3v) is 5.35. The van der Waals surface area contributed by atoms with Crippen molar-refractivity contribution in [2.75, 3.05) is 13.2 Å². The third-order valence-electron chi connectivity index (χ3n) is 5.35. The Morgan fingerprint density at radius 1 is 1.17 bits per heavy atom. The Morgan fingerprint density at radius 2 is 1.86 bits per heavy atom. The molecule has 0 radical (unpaired) electrons. The lowest BCUT2D eigenvalue weighted by Gasteiger charge is -2.26. The number of carbonyl (C=O) groups excluding carboxylic acids is 3. The quantitative estimate of drug-likeness (QED) is 0.755. The van der Waals surface area contributed by atoms with Gasteiger partial charge in [-0.05, 0) is 42.5 Å². The van der Waals surface area contributed by atoms with Gasteiger partial charge in [0.1, 0.15) is 18.1 Å². The van der Waals surface area contributed by atoms with Gasteiger partial charge in [-0.1, -0.05) is 32.0 Å². The first-order chi connectivity index (χ1) is 13.8. The van der Waals surface area contributed by atoms with E-state index in [1.54, 1.807) is 23.1 Å². The second-order valence-corrected chi connectivity index (χ2v) is 8.23. The molecule has 1 aliphatic rings. The summed E-state index contributed by atoms with van der Waals surface area (Å²) in [7, 11) is 0. The highest BCUT2D eigenvalue weighted by molar-refractivity contribution is 6.03. The van der Waals surface area contributed by atoms with Crippen LogP contribution in [0, 0.1) is 12.3 Å². The maximum atomic E-state index is 13.2. The molecule has 1 atom stereocenters. The molecule has 1 saturated heterocycles. The summed E-state index contributed by atoms with van der Waals surface area (Å²) in [5.74, 6) is -0.0439. The number of nitrogens with zero attached hydrogens (tertiary/aromatic N) is 1. The first-order valence-corrected chi connectivity index (χ1v) is 9.53. The number of aryl methyl sites for hydroxylation is 1. The van der Waals surface area contributed by atoms with Gasteiger partial charge in [0, 0.05) is 6.54 Å². The number of phenols is 1. The van der Waals surface area contributed by atoms with Gasteiger partial charge in [0.25, 0.3) is 5.91 Å². The molecule has 29 heavy (non-hydrogen) atoms. The highest BCUT2D eigenvalue weighted by Crippen LogP contribution is 2.36. The lowest BCUT2D eigenvalue weighted by atomic mass is 9.91. The largest absolute Gasteiger partial charge is 0.507 e. The topological polar surface area (TPSA) is 83.9 Å². The van der Waals surface area contributed by atoms with Gasteiger partial charge in [-0.2, -0.15) is 0 Å². The highest BCUT2D eigenvalue weighted by atomic mass is 16.5. The van der Waals surface area contributed by atoms with Crippen molar-refractivity contribution in [3.8, 4) is 11.5 Å². The van der Waals surface area contributed by atoms with E-state index < -0.39 is 0 Å². The predicted octanol–water partition coefficient (Wildman–Crippen LogP) is 3.65. The van der Waals surface area contributed by atoms with Crippen LogP contribution in [0.5, 0.6) is 11.5 Å². The van der Waals surface area contributed by atoms with Crippen molar-refractivity contribution >= 4 is 18.5 Å². The van der Waals surface area contributed by atoms with E-state index in [1.807, 2.05) is 19.1 Å². The van der Waals surface area contributed by atoms with Crippen molar-refractivity contribution in [1.29, 1.82) is 0 Å². The van der Waals surface area contributed by atoms with Crippen molar-refractivity contribution in [2.45, 2.75) is 33.2 Å². The Balaban J connectivity index is 1.86. The fourth-order valence-electron chi connectivity index (χ4n) is 3.92. The van der Waals surface area contributed by atoms with Crippen molar-refractivity contribution in [2.24, 2.45) is 5.41 Å². The standard InChI is InChI=1S/C23H25NO5/c1-15-6-4-9-21(18(15)11-25)29-13-16-10-23(2,3)14-24(16)22(28)17-7-5-8-20(27)19(17)12-26/h4-9,11-12,16,27H,10,13-14H2,1-3H3/t16-/m0/s1. The molecule has 1 fully saturated rings. The number of rotatable bonds is 6. The molecule has 2 aromatic carbocycles. The van der Waals surface area contributed by atoms with Crippen LogP contribution in [-0.4, -0.2) is 47.7 Å². The summed E-state index contributed by atoms with van der Waals surface area (Å²) in [6.45, 7) is 6.71. The Labute approximate surface area is 170 Å². The SMILES string of the molecule is Cc1cccc(OC[C@@H]2CC(C)(C)CN2C(=O)c2cccc(O)c2C=O)c1C=O. The third kappa shape index (κ3) is 4.16. The van der Waals surface area contributed by atoms with E-state index in [-0.39, 0.29) is 40.8 Å². The minimum Gasteiger partial charge on any atom is -0.507 e. The molecule has 0 spiro atoms. The molecule has 1 aliphatic heterocycles. The van der Waals surface area contributed by atoms with Crippen molar-refractivity contribution < 1.29 is 24.2 Å². The Bertz CT molecular complexity index is 950. The predicted molar refractivity (Wildman–Crippen MR) is 109 cm³/mol. The van der Waals surface area contributed by atoms with Gasteiger partial charge in [0.15, 0.2) is 12.6 Å². The summed E-state index contributed by atoms with van der Waals surface area (Å²) >= 11 is 0. The molecule has 6 nitrogen and oxygen atoms in total. The van der Waals surface area contributed by atoms with E-state index in [0.717, 1.165) is 18.3 Å². The van der Waals surface area contributed by atoms with E-state index in [2.05, 4.69) is 13.8 Å². The summed E-state index contributed by atoms with van der Waals surface area (Å²) in [6, 6.07) is 9.65. The highest BCUT2D eigenvalue weighted by Gasteiger charge is 2.41. The summed E-state index contributed by atoms with van der Waals surface area (Å²) < 4.78 is 5.94. The van der Waals surface area contributed by atoms with E-state index in [9.17, 15) is 19.5 Å². The molecular weight excluding hydrogens is 370 g/mol. The van der Waals surface area contributed by atoms with Crippen LogP contribution in [0.3, 0.4) is 0 Å². The summed E-state index contributed by atoms with van der Waals surface area (Å²) in [5, 5.41) is 9.93. The van der Waals surface area contributed by atoms with Gasteiger partial charge < -0.3 is 14.7 Å². The van der Waals surface area contributed by atoms with Crippen molar-refractivity contribution in [1.82, 2.24) is 4.90 Å². The minimum atomic E-state index is -0.318. The lowest BCUT2D eigenvalue weighted by Crippen LogP contribution is -2.39. The second-order valence-electron chi connectivity index (χ2n) is 8.23. The zero-order chi connectivity index (χ0) is 21.2. The van der Waals surface area contributed by atoms with Crippen LogP contribution in [0.1, 0.15) is 56.9 Å². The molecule has 0 bridgehead atoms. The fraction of sp³-hybridized carbons (Fsp3) is 0.348. The maximum Gasteiger partial charge on any atom is 0.255 e. The van der Waals surface area contributed by atoms with Gasteiger partial charge >= 0.3 is 0 Å². The maximum absolute atomic E-state index is 13.2. The smallest absolute Gasteiger partial charge is 0.255 e. The minimum absolute atomic E-state index is 0.0104. The van der Waals surface area contributed by atoms with Gasteiger partial charge in [-0.3, -0.25) is 14.4 Å². The van der Waals surface area contributed by atoms with Crippen LogP contribution in [0.2, 0.25) is 0 Å². The first kappa shape index (κ1) is 20.6. The molecule has 0 saturated carbocycles. The normalized spacial score (nSPS) is 17.8. The van der Waals surface area contributed by atoms with Crippen LogP contribution >= 0.6 is 0 Å². The van der Waals surface area contributed by atoms with E-state index in [1.165, 1.54) is 6.07 Å². The molecule has 0 unspecified atom stereocenters. The number of likely N-dealkylation sites (tertiary alicyclic amines) is 1. The molecule has 2 aromatic rings. The molecule has 1 amide bonds.